The Morgan fingerprint density at radius 1 is 1.26 bits per heavy atom. The van der Waals surface area contributed by atoms with Crippen molar-refractivity contribution in [2.24, 2.45) is 5.92 Å². The molecule has 3 heteroatoms. The van der Waals surface area contributed by atoms with E-state index in [1.165, 1.54) is 33.3 Å². The molecule has 0 radical (unpaired) electrons. The van der Waals surface area contributed by atoms with Crippen LogP contribution in [0.1, 0.15) is 34.9 Å². The second-order valence-electron chi connectivity index (χ2n) is 5.30. The fourth-order valence-electron chi connectivity index (χ4n) is 2.41. The highest BCUT2D eigenvalue weighted by atomic mass is 79.9. The number of thiophene rings is 1. The summed E-state index contributed by atoms with van der Waals surface area (Å²) in [5.41, 5.74) is 2.76. The van der Waals surface area contributed by atoms with Crippen molar-refractivity contribution in [2.75, 3.05) is 0 Å². The van der Waals surface area contributed by atoms with Gasteiger partial charge in [-0.1, -0.05) is 29.8 Å². The van der Waals surface area contributed by atoms with Crippen LogP contribution in [0.5, 0.6) is 0 Å². The molecule has 100 valence electrons. The SMILES string of the molecule is Cc1ccc(C(NCc2sccc2Br)C2CC2)cc1. The molecule has 1 unspecified atom stereocenters. The number of hydrogen-bond acceptors (Lipinski definition) is 2. The molecule has 1 aromatic carbocycles. The van der Waals surface area contributed by atoms with E-state index in [0.29, 0.717) is 6.04 Å². The summed E-state index contributed by atoms with van der Waals surface area (Å²) in [4.78, 5) is 1.39. The highest BCUT2D eigenvalue weighted by Gasteiger charge is 2.31. The monoisotopic (exact) mass is 335 g/mol. The van der Waals surface area contributed by atoms with Gasteiger partial charge in [-0.3, -0.25) is 0 Å². The lowest BCUT2D eigenvalue weighted by Gasteiger charge is -2.19. The van der Waals surface area contributed by atoms with Gasteiger partial charge in [-0.15, -0.1) is 11.3 Å². The Kier molecular flexibility index (Phi) is 4.06. The third kappa shape index (κ3) is 3.28. The zero-order chi connectivity index (χ0) is 13.2. The molecule has 1 N–H and O–H groups in total. The lowest BCUT2D eigenvalue weighted by atomic mass is 10.0. The molecule has 0 amide bonds. The van der Waals surface area contributed by atoms with Crippen molar-refractivity contribution >= 4 is 27.3 Å². The van der Waals surface area contributed by atoms with Gasteiger partial charge >= 0.3 is 0 Å². The molecule has 19 heavy (non-hydrogen) atoms. The van der Waals surface area contributed by atoms with Crippen LogP contribution in [0.4, 0.5) is 0 Å². The van der Waals surface area contributed by atoms with Crippen LogP contribution in [0, 0.1) is 12.8 Å². The van der Waals surface area contributed by atoms with Crippen molar-refractivity contribution < 1.29 is 0 Å². The number of aryl methyl sites for hydroxylation is 1. The van der Waals surface area contributed by atoms with E-state index in [0.717, 1.165) is 12.5 Å². The Morgan fingerprint density at radius 2 is 2.00 bits per heavy atom. The molecule has 1 saturated carbocycles. The maximum atomic E-state index is 3.74. The van der Waals surface area contributed by atoms with Crippen molar-refractivity contribution in [1.29, 1.82) is 0 Å². The number of hydrogen-bond donors (Lipinski definition) is 1. The lowest BCUT2D eigenvalue weighted by Crippen LogP contribution is -2.22. The summed E-state index contributed by atoms with van der Waals surface area (Å²) in [6.45, 7) is 3.10. The topological polar surface area (TPSA) is 12.0 Å². The van der Waals surface area contributed by atoms with E-state index in [1.54, 1.807) is 0 Å². The predicted octanol–water partition coefficient (Wildman–Crippen LogP) is 5.06. The number of benzene rings is 1. The van der Waals surface area contributed by atoms with Crippen molar-refractivity contribution in [3.63, 3.8) is 0 Å². The Labute approximate surface area is 127 Å². The Hall–Kier alpha value is -0.640. The van der Waals surface area contributed by atoms with E-state index >= 15 is 0 Å². The molecule has 2 aromatic rings. The van der Waals surface area contributed by atoms with E-state index in [9.17, 15) is 0 Å². The van der Waals surface area contributed by atoms with Gasteiger partial charge in [0.25, 0.3) is 0 Å². The summed E-state index contributed by atoms with van der Waals surface area (Å²) in [6, 6.07) is 11.6. The van der Waals surface area contributed by atoms with Crippen LogP contribution in [0.2, 0.25) is 0 Å². The standard InChI is InChI=1S/C16H18BrNS/c1-11-2-4-12(5-3-11)16(13-6-7-13)18-10-15-14(17)8-9-19-15/h2-5,8-9,13,16,18H,6-7,10H2,1H3. The van der Waals surface area contributed by atoms with Gasteiger partial charge in [0.15, 0.2) is 0 Å². The minimum Gasteiger partial charge on any atom is -0.305 e. The summed E-state index contributed by atoms with van der Waals surface area (Å²) >= 11 is 5.42. The third-order valence-corrected chi connectivity index (χ3v) is 5.63. The lowest BCUT2D eigenvalue weighted by molar-refractivity contribution is 0.482. The van der Waals surface area contributed by atoms with Crippen LogP contribution < -0.4 is 5.32 Å². The average Bonchev–Trinajstić information content (AvgIpc) is 3.16. The molecule has 3 rings (SSSR count). The molecule has 1 aliphatic rings. The molecule has 1 nitrogen and oxygen atoms in total. The van der Waals surface area contributed by atoms with Gasteiger partial charge in [-0.2, -0.15) is 0 Å². The molecule has 0 spiro atoms. The smallest absolute Gasteiger partial charge is 0.0351 e. The Bertz CT molecular complexity index is 542. The predicted molar refractivity (Wildman–Crippen MR) is 85.5 cm³/mol. The second kappa shape index (κ2) is 5.78. The summed E-state index contributed by atoms with van der Waals surface area (Å²) in [5.74, 6) is 0.821. The molecule has 1 aromatic heterocycles. The van der Waals surface area contributed by atoms with Crippen LogP contribution in [0.25, 0.3) is 0 Å². The van der Waals surface area contributed by atoms with E-state index < -0.39 is 0 Å². The summed E-state index contributed by atoms with van der Waals surface area (Å²) in [6.07, 6.45) is 2.72. The van der Waals surface area contributed by atoms with Gasteiger partial charge in [0, 0.05) is 21.9 Å². The fourth-order valence-corrected chi connectivity index (χ4v) is 3.86. The number of nitrogens with one attached hydrogen (secondary N) is 1. The molecule has 1 aliphatic carbocycles. The van der Waals surface area contributed by atoms with E-state index in [2.05, 4.69) is 63.9 Å². The normalized spacial score (nSPS) is 16.5. The maximum Gasteiger partial charge on any atom is 0.0351 e. The first kappa shape index (κ1) is 13.3. The first-order valence-electron chi connectivity index (χ1n) is 6.76. The quantitative estimate of drug-likeness (QED) is 0.805. The van der Waals surface area contributed by atoms with E-state index in [1.807, 2.05) is 11.3 Å². The molecule has 0 bridgehead atoms. The molecule has 1 fully saturated rings. The van der Waals surface area contributed by atoms with Crippen LogP contribution in [0.15, 0.2) is 40.2 Å². The molecular formula is C16H18BrNS. The summed E-state index contributed by atoms with van der Waals surface area (Å²) in [7, 11) is 0. The van der Waals surface area contributed by atoms with Gasteiger partial charge in [0.2, 0.25) is 0 Å². The Morgan fingerprint density at radius 3 is 2.58 bits per heavy atom. The minimum absolute atomic E-state index is 0.509. The molecule has 0 saturated heterocycles. The van der Waals surface area contributed by atoms with Gasteiger partial charge < -0.3 is 5.32 Å². The molecule has 1 heterocycles. The second-order valence-corrected chi connectivity index (χ2v) is 7.15. The average molecular weight is 336 g/mol. The van der Waals surface area contributed by atoms with Gasteiger partial charge in [0.1, 0.15) is 0 Å². The Balaban J connectivity index is 1.71. The third-order valence-electron chi connectivity index (χ3n) is 3.70. The fraction of sp³-hybridized carbons (Fsp3) is 0.375. The summed E-state index contributed by atoms with van der Waals surface area (Å²) < 4.78 is 1.23. The zero-order valence-electron chi connectivity index (χ0n) is 11.0. The van der Waals surface area contributed by atoms with Gasteiger partial charge in [-0.25, -0.2) is 0 Å². The minimum atomic E-state index is 0.509. The van der Waals surface area contributed by atoms with Crippen molar-refractivity contribution in [3.8, 4) is 0 Å². The molecular weight excluding hydrogens is 318 g/mol. The van der Waals surface area contributed by atoms with Gasteiger partial charge in [0.05, 0.1) is 0 Å². The number of rotatable bonds is 5. The van der Waals surface area contributed by atoms with Crippen LogP contribution >= 0.6 is 27.3 Å². The largest absolute Gasteiger partial charge is 0.305 e. The van der Waals surface area contributed by atoms with Gasteiger partial charge in [-0.05, 0) is 58.6 Å². The number of halogens is 1. The van der Waals surface area contributed by atoms with Crippen molar-refractivity contribution in [3.05, 3.63) is 56.2 Å². The van der Waals surface area contributed by atoms with Crippen molar-refractivity contribution in [2.45, 2.75) is 32.4 Å². The van der Waals surface area contributed by atoms with E-state index in [4.69, 9.17) is 0 Å². The van der Waals surface area contributed by atoms with Crippen LogP contribution in [0.3, 0.4) is 0 Å². The van der Waals surface area contributed by atoms with E-state index in [-0.39, 0.29) is 0 Å². The summed E-state index contributed by atoms with van der Waals surface area (Å²) in [5, 5.41) is 5.88. The zero-order valence-corrected chi connectivity index (χ0v) is 13.4. The van der Waals surface area contributed by atoms with Crippen LogP contribution in [-0.4, -0.2) is 0 Å². The first-order chi connectivity index (χ1) is 9.24. The van der Waals surface area contributed by atoms with Crippen molar-refractivity contribution in [1.82, 2.24) is 5.32 Å². The highest BCUT2D eigenvalue weighted by molar-refractivity contribution is 9.10. The molecule has 1 atom stereocenters. The maximum absolute atomic E-state index is 3.74. The molecule has 0 aliphatic heterocycles. The highest BCUT2D eigenvalue weighted by Crippen LogP contribution is 2.41. The van der Waals surface area contributed by atoms with Crippen LogP contribution in [-0.2, 0) is 6.54 Å². The first-order valence-corrected chi connectivity index (χ1v) is 8.43.